The van der Waals surface area contributed by atoms with Crippen LogP contribution in [0.5, 0.6) is 5.75 Å². The van der Waals surface area contributed by atoms with Crippen LogP contribution in [-0.2, 0) is 41.2 Å². The summed E-state index contributed by atoms with van der Waals surface area (Å²) in [5, 5.41) is 17.8. The molecule has 0 saturated heterocycles. The fraction of sp³-hybridized carbons (Fsp3) is 0.316. The van der Waals surface area contributed by atoms with Gasteiger partial charge < -0.3 is 14.9 Å². The molecule has 2 N–H and O–H groups in total. The van der Waals surface area contributed by atoms with Crippen molar-refractivity contribution in [2.45, 2.75) is 68.1 Å². The van der Waals surface area contributed by atoms with Crippen LogP contribution >= 0.6 is 23.5 Å². The molecule has 0 aliphatic heterocycles. The number of aryl methyl sites for hydroxylation is 4. The lowest BCUT2D eigenvalue weighted by atomic mass is 9.93. The first-order valence-electron chi connectivity index (χ1n) is 15.9. The molecule has 0 fully saturated rings. The topological polar surface area (TPSA) is 83.8 Å². The molecule has 0 bridgehead atoms. The molecule has 0 unspecified atom stereocenters. The number of benzene rings is 4. The van der Waals surface area contributed by atoms with E-state index in [1.807, 2.05) is 12.1 Å². The summed E-state index contributed by atoms with van der Waals surface area (Å²) < 4.78 is 90.2. The third kappa shape index (κ3) is 11.7. The van der Waals surface area contributed by atoms with E-state index in [0.717, 1.165) is 33.1 Å². The highest BCUT2D eigenvalue weighted by atomic mass is 32.2. The van der Waals surface area contributed by atoms with Gasteiger partial charge in [-0.05, 0) is 132 Å². The van der Waals surface area contributed by atoms with Crippen LogP contribution in [0.4, 0.5) is 26.3 Å². The first kappa shape index (κ1) is 39.7. The highest BCUT2D eigenvalue weighted by Gasteiger charge is 2.35. The second kappa shape index (κ2) is 17.4. The Kier molecular flexibility index (Phi) is 13.5. The minimum Gasteiger partial charge on any atom is -0.482 e. The fourth-order valence-corrected chi connectivity index (χ4v) is 7.41. The summed E-state index contributed by atoms with van der Waals surface area (Å²) in [5.41, 5.74) is 0.652. The number of thioether (sulfide) groups is 2. The van der Waals surface area contributed by atoms with Gasteiger partial charge in [-0.2, -0.15) is 26.3 Å². The lowest BCUT2D eigenvalue weighted by Gasteiger charge is -2.17. The summed E-state index contributed by atoms with van der Waals surface area (Å²) in [6.45, 7) is 3.10. The number of hydrogen-bond acceptors (Lipinski definition) is 5. The number of carboxylic acid groups (broad SMARTS) is 2. The Balaban J connectivity index is 1.41. The summed E-state index contributed by atoms with van der Waals surface area (Å²) in [6, 6.07) is 17.9. The van der Waals surface area contributed by atoms with Gasteiger partial charge in [0, 0.05) is 9.79 Å². The quantitative estimate of drug-likeness (QED) is 0.0670. The molecule has 0 amide bonds. The molecule has 0 saturated carbocycles. The van der Waals surface area contributed by atoms with Crippen molar-refractivity contribution >= 4 is 35.5 Å². The minimum absolute atomic E-state index is 0.0375. The van der Waals surface area contributed by atoms with Crippen LogP contribution in [-0.4, -0.2) is 40.3 Å². The molecule has 272 valence electrons. The number of aliphatic carboxylic acids is 2. The van der Waals surface area contributed by atoms with Crippen LogP contribution in [0, 0.1) is 13.8 Å². The maximum absolute atomic E-state index is 14.2. The predicted octanol–water partition coefficient (Wildman–Crippen LogP) is 10.5. The zero-order chi connectivity index (χ0) is 37.3. The van der Waals surface area contributed by atoms with E-state index in [2.05, 4.69) is 0 Å². The van der Waals surface area contributed by atoms with Crippen LogP contribution < -0.4 is 4.74 Å². The fourth-order valence-electron chi connectivity index (χ4n) is 5.51. The van der Waals surface area contributed by atoms with Crippen molar-refractivity contribution in [1.82, 2.24) is 0 Å². The van der Waals surface area contributed by atoms with Crippen molar-refractivity contribution < 1.29 is 50.9 Å². The van der Waals surface area contributed by atoms with Crippen molar-refractivity contribution in [1.29, 1.82) is 0 Å². The second-order valence-corrected chi connectivity index (χ2v) is 14.2. The lowest BCUT2D eigenvalue weighted by molar-refractivity contribution is -0.139. The van der Waals surface area contributed by atoms with Crippen LogP contribution in [0.15, 0.2) is 82.6 Å². The SMILES string of the molecule is Cc1cc(SCCCc2ccc(-c3ccc(CCCSc4ccc(OCC(=O)O)c(C)c4)c(C(F)(F)F)c3)cc2C(F)(F)F)ccc1CC(=O)O. The van der Waals surface area contributed by atoms with E-state index < -0.39 is 42.0 Å². The molecule has 0 aromatic heterocycles. The van der Waals surface area contributed by atoms with Gasteiger partial charge in [0.1, 0.15) is 5.75 Å². The Morgan fingerprint density at radius 1 is 0.627 bits per heavy atom. The molecule has 5 nitrogen and oxygen atoms in total. The molecule has 0 aliphatic rings. The molecule has 0 spiro atoms. The number of hydrogen-bond donors (Lipinski definition) is 2. The van der Waals surface area contributed by atoms with Gasteiger partial charge in [0.15, 0.2) is 6.61 Å². The van der Waals surface area contributed by atoms with E-state index in [-0.39, 0.29) is 41.5 Å². The van der Waals surface area contributed by atoms with Gasteiger partial charge in [-0.25, -0.2) is 4.79 Å². The Hall–Kier alpha value is -4.10. The first-order chi connectivity index (χ1) is 24.0. The molecule has 4 rings (SSSR count). The van der Waals surface area contributed by atoms with Gasteiger partial charge in [0.2, 0.25) is 0 Å². The summed E-state index contributed by atoms with van der Waals surface area (Å²) >= 11 is 2.89. The first-order valence-corrected chi connectivity index (χ1v) is 17.9. The van der Waals surface area contributed by atoms with Gasteiger partial charge >= 0.3 is 24.3 Å². The summed E-state index contributed by atoms with van der Waals surface area (Å²) in [4.78, 5) is 23.5. The average molecular weight is 751 g/mol. The van der Waals surface area contributed by atoms with E-state index in [1.54, 1.807) is 38.1 Å². The van der Waals surface area contributed by atoms with Crippen molar-refractivity contribution in [3.63, 3.8) is 0 Å². The van der Waals surface area contributed by atoms with Gasteiger partial charge in [-0.15, -0.1) is 23.5 Å². The molecular weight excluding hydrogens is 715 g/mol. The van der Waals surface area contributed by atoms with Crippen LogP contribution in [0.25, 0.3) is 11.1 Å². The van der Waals surface area contributed by atoms with E-state index in [9.17, 15) is 35.9 Å². The Morgan fingerprint density at radius 3 is 1.53 bits per heavy atom. The third-order valence-corrected chi connectivity index (χ3v) is 10.2. The molecule has 4 aromatic rings. The summed E-state index contributed by atoms with van der Waals surface area (Å²) in [7, 11) is 0. The highest BCUT2D eigenvalue weighted by molar-refractivity contribution is 7.99. The number of carbonyl (C=O) groups is 2. The molecule has 4 aromatic carbocycles. The number of ether oxygens (including phenoxy) is 1. The van der Waals surface area contributed by atoms with Crippen molar-refractivity contribution in [3.05, 3.63) is 112 Å². The van der Waals surface area contributed by atoms with Gasteiger partial charge in [-0.3, -0.25) is 4.79 Å². The number of halogens is 6. The minimum atomic E-state index is -4.71. The van der Waals surface area contributed by atoms with Gasteiger partial charge in [0.25, 0.3) is 0 Å². The molecular formula is C38H36F6O5S2. The largest absolute Gasteiger partial charge is 0.482 e. The highest BCUT2D eigenvalue weighted by Crippen LogP contribution is 2.39. The zero-order valence-corrected chi connectivity index (χ0v) is 29.4. The van der Waals surface area contributed by atoms with E-state index in [4.69, 9.17) is 14.9 Å². The summed E-state index contributed by atoms with van der Waals surface area (Å²) in [5.74, 6) is -0.591. The van der Waals surface area contributed by atoms with Crippen molar-refractivity contribution in [2.75, 3.05) is 18.1 Å². The molecule has 0 atom stereocenters. The van der Waals surface area contributed by atoms with Gasteiger partial charge in [0.05, 0.1) is 17.5 Å². The van der Waals surface area contributed by atoms with E-state index >= 15 is 0 Å². The Bertz CT molecular complexity index is 1860. The summed E-state index contributed by atoms with van der Waals surface area (Å²) in [6.07, 6.45) is -8.46. The Labute approximate surface area is 300 Å². The normalized spacial score (nSPS) is 11.8. The maximum atomic E-state index is 14.2. The van der Waals surface area contributed by atoms with E-state index in [0.29, 0.717) is 35.7 Å². The Morgan fingerprint density at radius 2 is 1.10 bits per heavy atom. The zero-order valence-electron chi connectivity index (χ0n) is 27.8. The van der Waals surface area contributed by atoms with Crippen molar-refractivity contribution in [2.24, 2.45) is 0 Å². The number of alkyl halides is 6. The molecule has 0 aliphatic carbocycles. The van der Waals surface area contributed by atoms with Gasteiger partial charge in [-0.1, -0.05) is 30.3 Å². The third-order valence-electron chi connectivity index (χ3n) is 8.04. The molecule has 0 radical (unpaired) electrons. The number of carboxylic acids is 2. The molecule has 51 heavy (non-hydrogen) atoms. The monoisotopic (exact) mass is 750 g/mol. The van der Waals surface area contributed by atoms with Crippen LogP contribution in [0.2, 0.25) is 0 Å². The van der Waals surface area contributed by atoms with E-state index in [1.165, 1.54) is 47.8 Å². The lowest BCUT2D eigenvalue weighted by Crippen LogP contribution is -2.11. The smallest absolute Gasteiger partial charge is 0.416 e. The van der Waals surface area contributed by atoms with Crippen molar-refractivity contribution in [3.8, 4) is 16.9 Å². The maximum Gasteiger partial charge on any atom is 0.416 e. The molecule has 13 heteroatoms. The van der Waals surface area contributed by atoms with Crippen LogP contribution in [0.3, 0.4) is 0 Å². The second-order valence-electron chi connectivity index (χ2n) is 11.9. The standard InChI is InChI=1S/C38H36F6O5S2/c1-23-17-30(12-11-27(23)21-35(45)46)50-15-3-5-25-7-9-28(19-32(25)37(39,40)41)29-10-8-26(33(20-29)38(42,43)44)6-4-16-51-31-13-14-34(24(2)18-31)49-22-36(47)48/h7-14,17-20H,3-6,15-16,21-22H2,1-2H3,(H,45,46)(H,47,48). The molecule has 0 heterocycles. The number of rotatable bonds is 16. The predicted molar refractivity (Wildman–Crippen MR) is 187 cm³/mol. The average Bonchev–Trinajstić information content (AvgIpc) is 3.05. The van der Waals surface area contributed by atoms with Crippen LogP contribution in [0.1, 0.15) is 51.8 Å².